The van der Waals surface area contributed by atoms with E-state index in [-0.39, 0.29) is 36.1 Å². The average molecular weight is 586 g/mol. The number of nitrogens with zero attached hydrogens (tertiary/aromatic N) is 1. The maximum absolute atomic E-state index is 13.3. The number of amides is 2. The van der Waals surface area contributed by atoms with Gasteiger partial charge in [0.1, 0.15) is 23.1 Å². The highest BCUT2D eigenvalue weighted by Gasteiger charge is 2.34. The monoisotopic (exact) mass is 585 g/mol. The van der Waals surface area contributed by atoms with Crippen molar-refractivity contribution in [3.8, 4) is 11.5 Å². The van der Waals surface area contributed by atoms with Gasteiger partial charge < -0.3 is 24.5 Å². The van der Waals surface area contributed by atoms with Crippen molar-refractivity contribution in [3.63, 3.8) is 0 Å². The van der Waals surface area contributed by atoms with Gasteiger partial charge in [0.2, 0.25) is 15.9 Å². The molecule has 2 N–H and O–H groups in total. The molecule has 1 aliphatic rings. The highest BCUT2D eigenvalue weighted by atomic mass is 32.2. The van der Waals surface area contributed by atoms with Crippen molar-refractivity contribution in [2.45, 2.75) is 50.1 Å². The normalized spacial score (nSPS) is 17.2. The fourth-order valence-electron chi connectivity index (χ4n) is 4.73. The van der Waals surface area contributed by atoms with E-state index in [2.05, 4.69) is 10.6 Å². The number of carbonyl (C=O) groups excluding carboxylic acids is 3. The van der Waals surface area contributed by atoms with Crippen LogP contribution in [0.3, 0.4) is 0 Å². The summed E-state index contributed by atoms with van der Waals surface area (Å²) < 4.78 is 43.6. The summed E-state index contributed by atoms with van der Waals surface area (Å²) in [5.74, 6) is -0.416. The van der Waals surface area contributed by atoms with Crippen molar-refractivity contribution in [1.29, 1.82) is 0 Å². The second kappa shape index (κ2) is 12.7. The highest BCUT2D eigenvalue weighted by molar-refractivity contribution is 7.89. The van der Waals surface area contributed by atoms with Gasteiger partial charge in [0.05, 0.1) is 31.7 Å². The van der Waals surface area contributed by atoms with Gasteiger partial charge >= 0.3 is 0 Å². The molecule has 1 aliphatic heterocycles. The van der Waals surface area contributed by atoms with E-state index in [0.29, 0.717) is 35.3 Å². The Hall–Kier alpha value is -3.90. The molecule has 1 aromatic heterocycles. The number of carbonyl (C=O) groups is 3. The van der Waals surface area contributed by atoms with E-state index in [1.807, 2.05) is 13.8 Å². The SMILES string of the molecule is COc1cccc(S(=O)(=O)N2CCC[C@H](NC(=O)C(CC(C)C)NC(=O)c3cc4cc(OC)ccc4o3)C(=O)C2)c1. The zero-order chi connectivity index (χ0) is 29.7. The Kier molecular flexibility index (Phi) is 9.34. The van der Waals surface area contributed by atoms with Gasteiger partial charge in [-0.3, -0.25) is 14.4 Å². The summed E-state index contributed by atoms with van der Waals surface area (Å²) in [7, 11) is -0.969. The smallest absolute Gasteiger partial charge is 0.287 e. The number of furan rings is 1. The molecule has 0 saturated carbocycles. The molecule has 1 fully saturated rings. The molecule has 11 nitrogen and oxygen atoms in total. The maximum Gasteiger partial charge on any atom is 0.287 e. The molecular weight excluding hydrogens is 550 g/mol. The zero-order valence-corrected chi connectivity index (χ0v) is 24.3. The van der Waals surface area contributed by atoms with Crippen LogP contribution in [0, 0.1) is 5.92 Å². The number of methoxy groups -OCH3 is 2. The molecular formula is C29H35N3O8S. The number of fused-ring (bicyclic) bond motifs is 1. The van der Waals surface area contributed by atoms with Gasteiger partial charge in [0.15, 0.2) is 11.5 Å². The van der Waals surface area contributed by atoms with Crippen LogP contribution in [0.4, 0.5) is 0 Å². The molecule has 1 unspecified atom stereocenters. The van der Waals surface area contributed by atoms with Crippen LogP contribution in [-0.2, 0) is 19.6 Å². The fourth-order valence-corrected chi connectivity index (χ4v) is 6.21. The Morgan fingerprint density at radius 2 is 1.80 bits per heavy atom. The molecule has 1 saturated heterocycles. The van der Waals surface area contributed by atoms with Crippen LogP contribution < -0.4 is 20.1 Å². The first kappa shape index (κ1) is 30.1. The van der Waals surface area contributed by atoms with Crippen LogP contribution in [0.15, 0.2) is 57.8 Å². The molecule has 2 atom stereocenters. The molecule has 0 bridgehead atoms. The Bertz CT molecular complexity index is 1530. The summed E-state index contributed by atoms with van der Waals surface area (Å²) >= 11 is 0. The topological polar surface area (TPSA) is 144 Å². The molecule has 41 heavy (non-hydrogen) atoms. The van der Waals surface area contributed by atoms with E-state index in [1.54, 1.807) is 43.5 Å². The third-order valence-electron chi connectivity index (χ3n) is 6.89. The highest BCUT2D eigenvalue weighted by Crippen LogP contribution is 2.25. The van der Waals surface area contributed by atoms with Gasteiger partial charge in [-0.25, -0.2) is 8.42 Å². The van der Waals surface area contributed by atoms with E-state index in [9.17, 15) is 22.8 Å². The Morgan fingerprint density at radius 1 is 1.07 bits per heavy atom. The molecule has 2 amide bonds. The predicted molar refractivity (Wildman–Crippen MR) is 151 cm³/mol. The summed E-state index contributed by atoms with van der Waals surface area (Å²) in [4.78, 5) is 39.5. The van der Waals surface area contributed by atoms with Crippen molar-refractivity contribution < 1.29 is 36.7 Å². The largest absolute Gasteiger partial charge is 0.497 e. The van der Waals surface area contributed by atoms with Crippen molar-refractivity contribution in [2.24, 2.45) is 5.92 Å². The Morgan fingerprint density at radius 3 is 2.51 bits per heavy atom. The van der Waals surface area contributed by atoms with Gasteiger partial charge in [-0.2, -0.15) is 4.31 Å². The van der Waals surface area contributed by atoms with Crippen LogP contribution in [0.2, 0.25) is 0 Å². The number of sulfonamides is 1. The minimum absolute atomic E-state index is 0.0240. The molecule has 4 rings (SSSR count). The van der Waals surface area contributed by atoms with E-state index < -0.39 is 39.7 Å². The lowest BCUT2D eigenvalue weighted by molar-refractivity contribution is -0.129. The summed E-state index contributed by atoms with van der Waals surface area (Å²) in [6.07, 6.45) is 0.953. The lowest BCUT2D eigenvalue weighted by Crippen LogP contribution is -2.52. The number of rotatable bonds is 10. The van der Waals surface area contributed by atoms with E-state index in [1.165, 1.54) is 19.2 Å². The first-order valence-electron chi connectivity index (χ1n) is 13.4. The number of hydrogen-bond donors (Lipinski definition) is 2. The van der Waals surface area contributed by atoms with Crippen molar-refractivity contribution in [1.82, 2.24) is 14.9 Å². The van der Waals surface area contributed by atoms with Crippen molar-refractivity contribution in [2.75, 3.05) is 27.3 Å². The summed E-state index contributed by atoms with van der Waals surface area (Å²) in [6, 6.07) is 11.0. The number of ketones is 1. The lowest BCUT2D eigenvalue weighted by atomic mass is 10.0. The number of Topliss-reactive ketones (excluding diaryl/α,β-unsaturated/α-hetero) is 1. The molecule has 12 heteroatoms. The van der Waals surface area contributed by atoms with Crippen molar-refractivity contribution >= 4 is 38.6 Å². The van der Waals surface area contributed by atoms with Gasteiger partial charge in [-0.05, 0) is 61.6 Å². The zero-order valence-electron chi connectivity index (χ0n) is 23.5. The molecule has 0 radical (unpaired) electrons. The third kappa shape index (κ3) is 7.06. The first-order valence-corrected chi connectivity index (χ1v) is 14.8. The van der Waals surface area contributed by atoms with Crippen LogP contribution in [0.25, 0.3) is 11.0 Å². The first-order chi connectivity index (χ1) is 19.5. The minimum atomic E-state index is -3.95. The summed E-state index contributed by atoms with van der Waals surface area (Å²) in [5, 5.41) is 6.16. The summed E-state index contributed by atoms with van der Waals surface area (Å²) in [5.41, 5.74) is 0.498. The second-order valence-electron chi connectivity index (χ2n) is 10.4. The van der Waals surface area contributed by atoms with E-state index in [0.717, 1.165) is 4.31 Å². The van der Waals surface area contributed by atoms with Gasteiger partial charge in [0.25, 0.3) is 5.91 Å². The Balaban J connectivity index is 1.45. The molecule has 2 aromatic carbocycles. The number of benzene rings is 2. The minimum Gasteiger partial charge on any atom is -0.497 e. The maximum atomic E-state index is 13.3. The molecule has 3 aromatic rings. The summed E-state index contributed by atoms with van der Waals surface area (Å²) in [6.45, 7) is 3.57. The van der Waals surface area contributed by atoms with Crippen LogP contribution >= 0.6 is 0 Å². The number of ether oxygens (including phenoxy) is 2. The van der Waals surface area contributed by atoms with Crippen LogP contribution in [-0.4, -0.2) is 69.7 Å². The third-order valence-corrected chi connectivity index (χ3v) is 8.73. The average Bonchev–Trinajstić information content (AvgIpc) is 3.29. The van der Waals surface area contributed by atoms with E-state index >= 15 is 0 Å². The second-order valence-corrected chi connectivity index (χ2v) is 12.3. The van der Waals surface area contributed by atoms with Gasteiger partial charge in [-0.1, -0.05) is 19.9 Å². The van der Waals surface area contributed by atoms with Crippen LogP contribution in [0.5, 0.6) is 11.5 Å². The molecule has 220 valence electrons. The standard InChI is InChI=1S/C29H35N3O8S/c1-18(2)13-24(31-29(35)27-15-19-14-21(39-4)10-11-26(19)40-27)28(34)30-23-9-6-12-32(17-25(23)33)41(36,37)22-8-5-7-20(16-22)38-3/h5,7-8,10-11,14-16,18,23-24H,6,9,12-13,17H2,1-4H3,(H,30,34)(H,31,35)/t23-,24?/m0/s1. The fraction of sp³-hybridized carbons (Fsp3) is 0.414. The molecule has 2 heterocycles. The molecule has 0 spiro atoms. The quantitative estimate of drug-likeness (QED) is 0.369. The van der Waals surface area contributed by atoms with Gasteiger partial charge in [-0.15, -0.1) is 0 Å². The number of hydrogen-bond acceptors (Lipinski definition) is 8. The van der Waals surface area contributed by atoms with Crippen LogP contribution in [0.1, 0.15) is 43.7 Å². The molecule has 0 aliphatic carbocycles. The number of nitrogens with one attached hydrogen (secondary N) is 2. The lowest BCUT2D eigenvalue weighted by Gasteiger charge is -2.23. The van der Waals surface area contributed by atoms with Gasteiger partial charge in [0, 0.05) is 18.0 Å². The Labute approximate surface area is 239 Å². The van der Waals surface area contributed by atoms with E-state index in [4.69, 9.17) is 13.9 Å². The van der Waals surface area contributed by atoms with Crippen molar-refractivity contribution in [3.05, 3.63) is 54.3 Å². The predicted octanol–water partition coefficient (Wildman–Crippen LogP) is 3.13.